The third-order valence-electron chi connectivity index (χ3n) is 4.45. The molecule has 1 saturated heterocycles. The molecule has 0 N–H and O–H groups in total. The van der Waals surface area contributed by atoms with Crippen LogP contribution in [0.15, 0.2) is 59.4 Å². The van der Waals surface area contributed by atoms with Crippen molar-refractivity contribution in [1.82, 2.24) is 20.0 Å². The van der Waals surface area contributed by atoms with Crippen molar-refractivity contribution >= 4 is 5.91 Å². The summed E-state index contributed by atoms with van der Waals surface area (Å²) in [5.41, 5.74) is 1.53. The zero-order chi connectivity index (χ0) is 17.1. The van der Waals surface area contributed by atoms with Crippen molar-refractivity contribution in [2.45, 2.75) is 25.3 Å². The quantitative estimate of drug-likeness (QED) is 0.733. The molecule has 0 spiro atoms. The fourth-order valence-electron chi connectivity index (χ4n) is 3.17. The Bertz CT molecular complexity index is 848. The van der Waals surface area contributed by atoms with Crippen molar-refractivity contribution in [2.24, 2.45) is 0 Å². The molecule has 6 nitrogen and oxygen atoms in total. The Hall–Kier alpha value is -3.02. The average Bonchev–Trinajstić information content (AvgIpc) is 3.19. The van der Waals surface area contributed by atoms with Gasteiger partial charge in [-0.05, 0) is 31.4 Å². The molecule has 2 aromatic heterocycles. The lowest BCUT2D eigenvalue weighted by molar-refractivity contribution is 0.0561. The summed E-state index contributed by atoms with van der Waals surface area (Å²) >= 11 is 0. The number of piperidine rings is 1. The topological polar surface area (TPSA) is 72.1 Å². The fourth-order valence-corrected chi connectivity index (χ4v) is 3.17. The molecule has 25 heavy (non-hydrogen) atoms. The molecule has 0 radical (unpaired) electrons. The Morgan fingerprint density at radius 3 is 2.68 bits per heavy atom. The third-order valence-corrected chi connectivity index (χ3v) is 4.45. The zero-order valence-electron chi connectivity index (χ0n) is 13.7. The summed E-state index contributed by atoms with van der Waals surface area (Å²) in [7, 11) is 0. The molecule has 1 aromatic carbocycles. The van der Waals surface area contributed by atoms with Crippen LogP contribution in [0.25, 0.3) is 11.4 Å². The summed E-state index contributed by atoms with van der Waals surface area (Å²) in [5.74, 6) is 1.03. The smallest absolute Gasteiger partial charge is 0.254 e. The first kappa shape index (κ1) is 15.5. The molecule has 1 fully saturated rings. The van der Waals surface area contributed by atoms with Crippen LogP contribution in [-0.4, -0.2) is 32.5 Å². The molecule has 4 rings (SSSR count). The monoisotopic (exact) mass is 334 g/mol. The summed E-state index contributed by atoms with van der Waals surface area (Å²) in [4.78, 5) is 23.2. The van der Waals surface area contributed by atoms with E-state index in [2.05, 4.69) is 15.1 Å². The van der Waals surface area contributed by atoms with Gasteiger partial charge in [0.2, 0.25) is 11.7 Å². The van der Waals surface area contributed by atoms with E-state index in [1.165, 1.54) is 0 Å². The minimum absolute atomic E-state index is 0.0217. The number of carbonyl (C=O) groups excluding carboxylic acids is 1. The number of carbonyl (C=O) groups is 1. The minimum Gasteiger partial charge on any atom is -0.337 e. The lowest BCUT2D eigenvalue weighted by Crippen LogP contribution is -2.38. The number of aromatic nitrogens is 3. The molecular weight excluding hydrogens is 316 g/mol. The molecule has 0 saturated carbocycles. The average molecular weight is 334 g/mol. The largest absolute Gasteiger partial charge is 0.337 e. The van der Waals surface area contributed by atoms with E-state index >= 15 is 0 Å². The standard InChI is InChI=1S/C19H18N4O2/c24-19(15-9-11-20-12-10-15)23-13-5-4-8-16(23)18-21-17(22-25-18)14-6-2-1-3-7-14/h1-3,6-7,9-12,16H,4-5,8,13H2/t16-/m0/s1. The highest BCUT2D eigenvalue weighted by atomic mass is 16.5. The van der Waals surface area contributed by atoms with Crippen LogP contribution in [0.2, 0.25) is 0 Å². The van der Waals surface area contributed by atoms with Crippen LogP contribution in [0.3, 0.4) is 0 Å². The predicted molar refractivity (Wildman–Crippen MR) is 91.6 cm³/mol. The maximum atomic E-state index is 12.9. The predicted octanol–water partition coefficient (Wildman–Crippen LogP) is 3.50. The summed E-state index contributed by atoms with van der Waals surface area (Å²) in [6.45, 7) is 0.689. The highest BCUT2D eigenvalue weighted by Gasteiger charge is 2.32. The molecule has 1 atom stereocenters. The molecule has 0 unspecified atom stereocenters. The Labute approximate surface area is 145 Å². The number of hydrogen-bond donors (Lipinski definition) is 0. The summed E-state index contributed by atoms with van der Waals surface area (Å²) in [6.07, 6.45) is 6.10. The molecule has 6 heteroatoms. The van der Waals surface area contributed by atoms with E-state index in [-0.39, 0.29) is 11.9 Å². The summed E-state index contributed by atoms with van der Waals surface area (Å²) in [5, 5.41) is 4.09. The first-order valence-corrected chi connectivity index (χ1v) is 8.43. The molecule has 126 valence electrons. The van der Waals surface area contributed by atoms with Gasteiger partial charge in [0.1, 0.15) is 6.04 Å². The Kier molecular flexibility index (Phi) is 4.24. The van der Waals surface area contributed by atoms with Gasteiger partial charge in [0.15, 0.2) is 0 Å². The maximum absolute atomic E-state index is 12.9. The number of benzene rings is 1. The van der Waals surface area contributed by atoms with Crippen LogP contribution >= 0.6 is 0 Å². The summed E-state index contributed by atoms with van der Waals surface area (Å²) in [6, 6.07) is 13.0. The molecule has 1 aliphatic rings. The van der Waals surface area contributed by atoms with Crippen molar-refractivity contribution in [3.05, 3.63) is 66.3 Å². The van der Waals surface area contributed by atoms with Gasteiger partial charge in [-0.2, -0.15) is 4.98 Å². The highest BCUT2D eigenvalue weighted by Crippen LogP contribution is 2.32. The van der Waals surface area contributed by atoms with Crippen molar-refractivity contribution < 1.29 is 9.32 Å². The van der Waals surface area contributed by atoms with E-state index in [4.69, 9.17) is 4.52 Å². The van der Waals surface area contributed by atoms with Crippen LogP contribution < -0.4 is 0 Å². The second-order valence-electron chi connectivity index (χ2n) is 6.07. The number of hydrogen-bond acceptors (Lipinski definition) is 5. The number of nitrogens with zero attached hydrogens (tertiary/aromatic N) is 4. The van der Waals surface area contributed by atoms with Gasteiger partial charge >= 0.3 is 0 Å². The van der Waals surface area contributed by atoms with Crippen molar-refractivity contribution in [3.8, 4) is 11.4 Å². The molecule has 1 aliphatic heterocycles. The number of rotatable bonds is 3. The lowest BCUT2D eigenvalue weighted by Gasteiger charge is -2.33. The first-order valence-electron chi connectivity index (χ1n) is 8.43. The van der Waals surface area contributed by atoms with E-state index in [0.717, 1.165) is 24.8 Å². The fraction of sp³-hybridized carbons (Fsp3) is 0.263. The second kappa shape index (κ2) is 6.84. The van der Waals surface area contributed by atoms with Crippen molar-refractivity contribution in [1.29, 1.82) is 0 Å². The van der Waals surface area contributed by atoms with Gasteiger partial charge in [-0.25, -0.2) is 0 Å². The van der Waals surface area contributed by atoms with Crippen molar-refractivity contribution in [2.75, 3.05) is 6.54 Å². The number of pyridine rings is 1. The molecular formula is C19H18N4O2. The van der Waals surface area contributed by atoms with Gasteiger partial charge in [-0.1, -0.05) is 35.5 Å². The van der Waals surface area contributed by atoms with Gasteiger partial charge in [0.25, 0.3) is 5.91 Å². The Morgan fingerprint density at radius 2 is 1.88 bits per heavy atom. The van der Waals surface area contributed by atoms with Crippen LogP contribution in [0.4, 0.5) is 0 Å². The molecule has 0 aliphatic carbocycles. The van der Waals surface area contributed by atoms with Gasteiger partial charge in [0.05, 0.1) is 0 Å². The molecule has 0 bridgehead atoms. The third kappa shape index (κ3) is 3.15. The first-order chi connectivity index (χ1) is 12.3. The Balaban J connectivity index is 1.62. The minimum atomic E-state index is -0.181. The van der Waals surface area contributed by atoms with Gasteiger partial charge < -0.3 is 9.42 Å². The van der Waals surface area contributed by atoms with Gasteiger partial charge in [0, 0.05) is 30.1 Å². The highest BCUT2D eigenvalue weighted by molar-refractivity contribution is 5.94. The molecule has 3 heterocycles. The number of amides is 1. The van der Waals surface area contributed by atoms with Crippen LogP contribution in [0.1, 0.15) is 41.6 Å². The SMILES string of the molecule is O=C(c1ccncc1)N1CCCC[C@H]1c1nc(-c2ccccc2)no1. The van der Waals surface area contributed by atoms with Gasteiger partial charge in [-0.3, -0.25) is 9.78 Å². The maximum Gasteiger partial charge on any atom is 0.254 e. The van der Waals surface area contributed by atoms with Gasteiger partial charge in [-0.15, -0.1) is 0 Å². The van der Waals surface area contributed by atoms with Crippen LogP contribution in [0.5, 0.6) is 0 Å². The second-order valence-corrected chi connectivity index (χ2v) is 6.07. The van der Waals surface area contributed by atoms with E-state index in [1.54, 1.807) is 24.5 Å². The molecule has 1 amide bonds. The van der Waals surface area contributed by atoms with E-state index in [1.807, 2.05) is 35.2 Å². The Morgan fingerprint density at radius 1 is 1.08 bits per heavy atom. The van der Waals surface area contributed by atoms with Crippen LogP contribution in [0, 0.1) is 0 Å². The lowest BCUT2D eigenvalue weighted by atomic mass is 10.0. The number of likely N-dealkylation sites (tertiary alicyclic amines) is 1. The summed E-state index contributed by atoms with van der Waals surface area (Å²) < 4.78 is 5.51. The van der Waals surface area contributed by atoms with E-state index in [0.29, 0.717) is 23.8 Å². The molecule has 3 aromatic rings. The normalized spacial score (nSPS) is 17.4. The zero-order valence-corrected chi connectivity index (χ0v) is 13.7. The van der Waals surface area contributed by atoms with Crippen LogP contribution in [-0.2, 0) is 0 Å². The van der Waals surface area contributed by atoms with E-state index < -0.39 is 0 Å². The van der Waals surface area contributed by atoms with E-state index in [9.17, 15) is 4.79 Å². The van der Waals surface area contributed by atoms with Crippen molar-refractivity contribution in [3.63, 3.8) is 0 Å².